The fourth-order valence-corrected chi connectivity index (χ4v) is 1.96. The first-order valence-electron chi connectivity index (χ1n) is 6.11. The molecule has 0 aromatic carbocycles. The van der Waals surface area contributed by atoms with E-state index in [0.29, 0.717) is 6.10 Å². The molecule has 1 unspecified atom stereocenters. The zero-order valence-corrected chi connectivity index (χ0v) is 9.56. The van der Waals surface area contributed by atoms with Crippen LogP contribution in [0.2, 0.25) is 0 Å². The topological polar surface area (TPSA) is 9.23 Å². The van der Waals surface area contributed by atoms with Crippen molar-refractivity contribution in [2.24, 2.45) is 0 Å². The summed E-state index contributed by atoms with van der Waals surface area (Å²) in [5, 5.41) is 0. The molecule has 14 heavy (non-hydrogen) atoms. The Kier molecular flexibility index (Phi) is 5.93. The zero-order valence-electron chi connectivity index (χ0n) is 9.56. The summed E-state index contributed by atoms with van der Waals surface area (Å²) >= 11 is 0. The average molecular weight is 196 g/mol. The Morgan fingerprint density at radius 1 is 1.29 bits per heavy atom. The molecule has 0 aromatic rings. The third-order valence-corrected chi connectivity index (χ3v) is 2.97. The molecule has 0 radical (unpaired) electrons. The molecular formula is C13H24O. The van der Waals surface area contributed by atoms with E-state index >= 15 is 0 Å². The van der Waals surface area contributed by atoms with Crippen LogP contribution in [-0.2, 0) is 4.74 Å². The number of unbranched alkanes of at least 4 members (excludes halogenated alkanes) is 4. The van der Waals surface area contributed by atoms with Crippen LogP contribution in [0.15, 0.2) is 12.2 Å². The summed E-state index contributed by atoms with van der Waals surface area (Å²) in [5.41, 5.74) is 1.27. The maximum Gasteiger partial charge on any atom is 0.0677 e. The van der Waals surface area contributed by atoms with Gasteiger partial charge in [-0.2, -0.15) is 0 Å². The van der Waals surface area contributed by atoms with E-state index in [1.165, 1.54) is 56.9 Å². The van der Waals surface area contributed by atoms with Crippen LogP contribution in [-0.4, -0.2) is 12.7 Å². The molecule has 0 bridgehead atoms. The minimum absolute atomic E-state index is 0.530. The summed E-state index contributed by atoms with van der Waals surface area (Å²) in [7, 11) is 0. The van der Waals surface area contributed by atoms with Gasteiger partial charge in [-0.05, 0) is 19.3 Å². The molecule has 1 heteroatoms. The maximum atomic E-state index is 5.70. The lowest BCUT2D eigenvalue weighted by atomic mass is 10.0. The van der Waals surface area contributed by atoms with Crippen molar-refractivity contribution in [2.45, 2.75) is 64.4 Å². The predicted octanol–water partition coefficient (Wildman–Crippen LogP) is 4.08. The van der Waals surface area contributed by atoms with E-state index in [0.717, 1.165) is 6.61 Å². The second kappa shape index (κ2) is 7.05. The van der Waals surface area contributed by atoms with E-state index in [4.69, 9.17) is 4.74 Å². The van der Waals surface area contributed by atoms with Crippen LogP contribution in [0.25, 0.3) is 0 Å². The summed E-state index contributed by atoms with van der Waals surface area (Å²) in [6, 6.07) is 0. The molecule has 1 saturated heterocycles. The van der Waals surface area contributed by atoms with Crippen LogP contribution in [0.1, 0.15) is 58.3 Å². The Morgan fingerprint density at radius 2 is 2.07 bits per heavy atom. The standard InChI is InChI=1S/C13H24O/c1-3-4-5-6-7-8-13-10-9-12(2)11-14-13/h13H,2-11H2,1H3. The largest absolute Gasteiger partial charge is 0.374 e. The molecule has 0 spiro atoms. The first-order chi connectivity index (χ1) is 6.83. The summed E-state index contributed by atoms with van der Waals surface area (Å²) in [6.07, 6.45) is 11.0. The van der Waals surface area contributed by atoms with Crippen LogP contribution >= 0.6 is 0 Å². The highest BCUT2D eigenvalue weighted by atomic mass is 16.5. The van der Waals surface area contributed by atoms with Crippen LogP contribution in [0.5, 0.6) is 0 Å². The second-order valence-corrected chi connectivity index (χ2v) is 4.42. The van der Waals surface area contributed by atoms with Gasteiger partial charge in [-0.15, -0.1) is 0 Å². The fourth-order valence-electron chi connectivity index (χ4n) is 1.96. The van der Waals surface area contributed by atoms with Crippen LogP contribution in [0.4, 0.5) is 0 Å². The fraction of sp³-hybridized carbons (Fsp3) is 0.846. The summed E-state index contributed by atoms with van der Waals surface area (Å²) in [6.45, 7) is 7.01. The van der Waals surface area contributed by atoms with Crippen molar-refractivity contribution in [3.8, 4) is 0 Å². The van der Waals surface area contributed by atoms with Crippen LogP contribution in [0, 0.1) is 0 Å². The van der Waals surface area contributed by atoms with E-state index in [2.05, 4.69) is 13.5 Å². The highest BCUT2D eigenvalue weighted by Gasteiger charge is 2.14. The van der Waals surface area contributed by atoms with Gasteiger partial charge in [-0.1, -0.05) is 51.2 Å². The lowest BCUT2D eigenvalue weighted by Crippen LogP contribution is -2.20. The van der Waals surface area contributed by atoms with Crippen molar-refractivity contribution >= 4 is 0 Å². The predicted molar refractivity (Wildman–Crippen MR) is 61.5 cm³/mol. The SMILES string of the molecule is C=C1CCC(CCCCCCC)OC1. The molecule has 0 saturated carbocycles. The molecule has 1 atom stereocenters. The van der Waals surface area contributed by atoms with Gasteiger partial charge in [0.2, 0.25) is 0 Å². The van der Waals surface area contributed by atoms with Gasteiger partial charge in [0.15, 0.2) is 0 Å². The first-order valence-corrected chi connectivity index (χ1v) is 6.11. The molecule has 1 nitrogen and oxygen atoms in total. The first kappa shape index (κ1) is 11.8. The lowest BCUT2D eigenvalue weighted by Gasteiger charge is -2.24. The number of rotatable bonds is 6. The van der Waals surface area contributed by atoms with Crippen LogP contribution < -0.4 is 0 Å². The van der Waals surface area contributed by atoms with E-state index in [1.807, 2.05) is 0 Å². The minimum atomic E-state index is 0.530. The minimum Gasteiger partial charge on any atom is -0.374 e. The van der Waals surface area contributed by atoms with E-state index in [9.17, 15) is 0 Å². The zero-order chi connectivity index (χ0) is 10.2. The van der Waals surface area contributed by atoms with Crippen LogP contribution in [0.3, 0.4) is 0 Å². The van der Waals surface area contributed by atoms with Gasteiger partial charge >= 0.3 is 0 Å². The monoisotopic (exact) mass is 196 g/mol. The Hall–Kier alpha value is -0.300. The van der Waals surface area contributed by atoms with Gasteiger partial charge in [0.25, 0.3) is 0 Å². The van der Waals surface area contributed by atoms with Gasteiger partial charge < -0.3 is 4.74 Å². The van der Waals surface area contributed by atoms with Crippen molar-refractivity contribution in [3.63, 3.8) is 0 Å². The molecule has 0 aliphatic carbocycles. The molecular weight excluding hydrogens is 172 g/mol. The quantitative estimate of drug-likeness (QED) is 0.459. The van der Waals surface area contributed by atoms with Gasteiger partial charge in [0.05, 0.1) is 12.7 Å². The Labute approximate surface area is 88.5 Å². The molecule has 1 rings (SSSR count). The molecule has 1 fully saturated rings. The molecule has 1 heterocycles. The molecule has 0 N–H and O–H groups in total. The van der Waals surface area contributed by atoms with E-state index in [1.54, 1.807) is 0 Å². The van der Waals surface area contributed by atoms with Crippen molar-refractivity contribution < 1.29 is 4.74 Å². The van der Waals surface area contributed by atoms with Gasteiger partial charge in [0.1, 0.15) is 0 Å². The molecule has 0 amide bonds. The summed E-state index contributed by atoms with van der Waals surface area (Å²) in [5.74, 6) is 0. The normalized spacial score (nSPS) is 22.6. The molecule has 1 aliphatic heterocycles. The van der Waals surface area contributed by atoms with Crippen molar-refractivity contribution in [2.75, 3.05) is 6.61 Å². The summed E-state index contributed by atoms with van der Waals surface area (Å²) in [4.78, 5) is 0. The number of hydrogen-bond acceptors (Lipinski definition) is 1. The van der Waals surface area contributed by atoms with E-state index < -0.39 is 0 Å². The summed E-state index contributed by atoms with van der Waals surface area (Å²) < 4.78 is 5.70. The highest BCUT2D eigenvalue weighted by Crippen LogP contribution is 2.21. The maximum absolute atomic E-state index is 5.70. The van der Waals surface area contributed by atoms with Crippen molar-refractivity contribution in [1.29, 1.82) is 0 Å². The van der Waals surface area contributed by atoms with Gasteiger partial charge in [0, 0.05) is 0 Å². The van der Waals surface area contributed by atoms with Gasteiger partial charge in [-0.25, -0.2) is 0 Å². The second-order valence-electron chi connectivity index (χ2n) is 4.42. The Bertz CT molecular complexity index is 153. The third-order valence-electron chi connectivity index (χ3n) is 2.97. The van der Waals surface area contributed by atoms with Crippen molar-refractivity contribution in [1.82, 2.24) is 0 Å². The highest BCUT2D eigenvalue weighted by molar-refractivity contribution is 4.97. The molecule has 1 aliphatic rings. The lowest BCUT2D eigenvalue weighted by molar-refractivity contribution is 0.0353. The van der Waals surface area contributed by atoms with E-state index in [-0.39, 0.29) is 0 Å². The van der Waals surface area contributed by atoms with Crippen molar-refractivity contribution in [3.05, 3.63) is 12.2 Å². The molecule has 82 valence electrons. The number of hydrogen-bond donors (Lipinski definition) is 0. The number of ether oxygens (including phenoxy) is 1. The Morgan fingerprint density at radius 3 is 2.71 bits per heavy atom. The smallest absolute Gasteiger partial charge is 0.0677 e. The third kappa shape index (κ3) is 4.80. The van der Waals surface area contributed by atoms with Gasteiger partial charge in [-0.3, -0.25) is 0 Å². The molecule has 0 aromatic heterocycles. The Balaban J connectivity index is 1.94. The average Bonchev–Trinajstić information content (AvgIpc) is 2.21.